The van der Waals surface area contributed by atoms with Gasteiger partial charge < -0.3 is 19.7 Å². The van der Waals surface area contributed by atoms with Crippen LogP contribution in [0, 0.1) is 6.92 Å². The van der Waals surface area contributed by atoms with Gasteiger partial charge in [-0.3, -0.25) is 4.79 Å². The molecule has 4 rings (SSSR count). The van der Waals surface area contributed by atoms with Crippen LogP contribution in [-0.4, -0.2) is 29.7 Å². The molecule has 0 atom stereocenters. The fourth-order valence-electron chi connectivity index (χ4n) is 2.80. The Kier molecular flexibility index (Phi) is 4.33. The van der Waals surface area contributed by atoms with Crippen molar-refractivity contribution in [2.75, 3.05) is 24.1 Å². The number of carbonyl (C=O) groups is 1. The Hall–Kier alpha value is -3.61. The highest BCUT2D eigenvalue weighted by Gasteiger charge is 2.17. The van der Waals surface area contributed by atoms with E-state index >= 15 is 0 Å². The zero-order valence-electron chi connectivity index (χ0n) is 15.0. The molecule has 1 aliphatic heterocycles. The highest BCUT2D eigenvalue weighted by molar-refractivity contribution is 6.04. The van der Waals surface area contributed by atoms with Crippen molar-refractivity contribution in [3.05, 3.63) is 66.1 Å². The van der Waals surface area contributed by atoms with Crippen molar-refractivity contribution in [2.45, 2.75) is 6.92 Å². The number of ether oxygens (including phenoxy) is 2. The molecule has 1 N–H and O–H groups in total. The van der Waals surface area contributed by atoms with E-state index in [1.165, 1.54) is 0 Å². The van der Waals surface area contributed by atoms with Gasteiger partial charge in [0.15, 0.2) is 11.5 Å². The van der Waals surface area contributed by atoms with Gasteiger partial charge in [-0.05, 0) is 31.2 Å². The minimum Gasteiger partial charge on any atom is -0.454 e. The van der Waals surface area contributed by atoms with Crippen molar-refractivity contribution >= 4 is 23.1 Å². The molecule has 0 radical (unpaired) electrons. The number of rotatable bonds is 4. The van der Waals surface area contributed by atoms with Gasteiger partial charge in [-0.1, -0.05) is 18.2 Å². The predicted octanol–water partition coefficient (Wildman–Crippen LogP) is 3.53. The molecule has 7 nitrogen and oxygen atoms in total. The minimum absolute atomic E-state index is 0.208. The largest absolute Gasteiger partial charge is 0.454 e. The third kappa shape index (κ3) is 3.52. The van der Waals surface area contributed by atoms with E-state index in [-0.39, 0.29) is 12.7 Å². The van der Waals surface area contributed by atoms with E-state index < -0.39 is 0 Å². The third-order valence-electron chi connectivity index (χ3n) is 4.15. The summed E-state index contributed by atoms with van der Waals surface area (Å²) in [4.78, 5) is 23.1. The Balaban J connectivity index is 1.59. The summed E-state index contributed by atoms with van der Waals surface area (Å²) in [6, 6.07) is 16.6. The summed E-state index contributed by atoms with van der Waals surface area (Å²) in [5.74, 6) is 2.21. The zero-order chi connectivity index (χ0) is 18.8. The molecule has 0 spiro atoms. The van der Waals surface area contributed by atoms with E-state index in [2.05, 4.69) is 15.3 Å². The van der Waals surface area contributed by atoms with E-state index in [9.17, 15) is 4.79 Å². The van der Waals surface area contributed by atoms with Crippen molar-refractivity contribution in [3.63, 3.8) is 0 Å². The van der Waals surface area contributed by atoms with Gasteiger partial charge in [0.05, 0.1) is 0 Å². The van der Waals surface area contributed by atoms with Crippen molar-refractivity contribution in [1.82, 2.24) is 9.97 Å². The number of fused-ring (bicyclic) bond motifs is 1. The Bertz CT molecular complexity index is 992. The first kappa shape index (κ1) is 16.8. The number of nitrogens with zero attached hydrogens (tertiary/aromatic N) is 3. The number of anilines is 3. The molecule has 0 saturated heterocycles. The van der Waals surface area contributed by atoms with Crippen LogP contribution >= 0.6 is 0 Å². The lowest BCUT2D eigenvalue weighted by molar-refractivity contribution is 0.0988. The molecule has 7 heteroatoms. The van der Waals surface area contributed by atoms with Crippen LogP contribution in [0.1, 0.15) is 16.3 Å². The number of aryl methyl sites for hydroxylation is 1. The quantitative estimate of drug-likeness (QED) is 0.765. The highest BCUT2D eigenvalue weighted by atomic mass is 16.7. The molecule has 27 heavy (non-hydrogen) atoms. The summed E-state index contributed by atoms with van der Waals surface area (Å²) in [5.41, 5.74) is 1.90. The number of nitrogens with one attached hydrogen (secondary N) is 1. The lowest BCUT2D eigenvalue weighted by Crippen LogP contribution is -2.27. The second-order valence-electron chi connectivity index (χ2n) is 6.08. The minimum atomic E-state index is -0.208. The third-order valence-corrected chi connectivity index (χ3v) is 4.15. The fraction of sp³-hybridized carbons (Fsp3) is 0.150. The van der Waals surface area contributed by atoms with E-state index in [4.69, 9.17) is 9.47 Å². The van der Waals surface area contributed by atoms with Gasteiger partial charge in [0, 0.05) is 30.6 Å². The van der Waals surface area contributed by atoms with Gasteiger partial charge in [-0.15, -0.1) is 0 Å². The highest BCUT2D eigenvalue weighted by Crippen LogP contribution is 2.35. The number of amides is 1. The van der Waals surface area contributed by atoms with Crippen molar-refractivity contribution in [1.29, 1.82) is 0 Å². The second kappa shape index (κ2) is 6.95. The van der Waals surface area contributed by atoms with Crippen LogP contribution in [0.3, 0.4) is 0 Å². The Morgan fingerprint density at radius 1 is 1.04 bits per heavy atom. The number of aromatic nitrogens is 2. The lowest BCUT2D eigenvalue weighted by Gasteiger charge is -2.17. The Morgan fingerprint density at radius 3 is 2.63 bits per heavy atom. The normalized spacial score (nSPS) is 11.9. The standard InChI is InChI=1S/C20H18N4O3/c1-13-21-16(20(25)24(2)15-6-4-3-5-7-15)11-19(22-13)23-14-8-9-17-18(10-14)27-12-26-17/h3-11H,12H2,1-2H3,(H,21,22,23). The van der Waals surface area contributed by atoms with E-state index in [0.717, 1.165) is 11.4 Å². The summed E-state index contributed by atoms with van der Waals surface area (Å²) in [6.07, 6.45) is 0. The predicted molar refractivity (Wildman–Crippen MR) is 102 cm³/mol. The van der Waals surface area contributed by atoms with Crippen LogP contribution in [0.15, 0.2) is 54.6 Å². The molecule has 0 saturated carbocycles. The molecule has 0 aliphatic carbocycles. The van der Waals surface area contributed by atoms with Crippen molar-refractivity contribution in [3.8, 4) is 11.5 Å². The Labute approximate surface area is 156 Å². The van der Waals surface area contributed by atoms with Gasteiger partial charge in [0.25, 0.3) is 5.91 Å². The smallest absolute Gasteiger partial charge is 0.276 e. The second-order valence-corrected chi connectivity index (χ2v) is 6.08. The molecule has 3 aromatic rings. The van der Waals surface area contributed by atoms with Gasteiger partial charge >= 0.3 is 0 Å². The molecule has 0 bridgehead atoms. The number of para-hydroxylation sites is 1. The van der Waals surface area contributed by atoms with E-state index in [1.54, 1.807) is 24.9 Å². The summed E-state index contributed by atoms with van der Waals surface area (Å²) in [5, 5.41) is 3.19. The van der Waals surface area contributed by atoms with E-state index in [1.807, 2.05) is 48.5 Å². The lowest BCUT2D eigenvalue weighted by atomic mass is 10.2. The van der Waals surface area contributed by atoms with Crippen LogP contribution in [0.4, 0.5) is 17.2 Å². The monoisotopic (exact) mass is 362 g/mol. The van der Waals surface area contributed by atoms with Crippen LogP contribution in [0.25, 0.3) is 0 Å². The summed E-state index contributed by atoms with van der Waals surface area (Å²) >= 11 is 0. The molecule has 136 valence electrons. The van der Waals surface area contributed by atoms with Crippen molar-refractivity contribution < 1.29 is 14.3 Å². The molecule has 1 aromatic heterocycles. The van der Waals surface area contributed by atoms with Gasteiger partial charge in [0.1, 0.15) is 17.3 Å². The average Bonchev–Trinajstić information content (AvgIpc) is 3.15. The average molecular weight is 362 g/mol. The molecule has 0 unspecified atom stereocenters. The van der Waals surface area contributed by atoms with Gasteiger partial charge in [-0.25, -0.2) is 9.97 Å². The summed E-state index contributed by atoms with van der Waals surface area (Å²) in [7, 11) is 1.72. The first-order valence-corrected chi connectivity index (χ1v) is 8.45. The number of benzene rings is 2. The molecule has 1 aliphatic rings. The topological polar surface area (TPSA) is 76.6 Å². The summed E-state index contributed by atoms with van der Waals surface area (Å²) < 4.78 is 10.7. The van der Waals surface area contributed by atoms with Crippen molar-refractivity contribution in [2.24, 2.45) is 0 Å². The first-order chi connectivity index (χ1) is 13.1. The maximum Gasteiger partial charge on any atom is 0.276 e. The Morgan fingerprint density at radius 2 is 1.81 bits per heavy atom. The van der Waals surface area contributed by atoms with Gasteiger partial charge in [0.2, 0.25) is 6.79 Å². The van der Waals surface area contributed by atoms with Crippen LogP contribution < -0.4 is 19.7 Å². The van der Waals surface area contributed by atoms with Crippen LogP contribution in [-0.2, 0) is 0 Å². The van der Waals surface area contributed by atoms with E-state index in [0.29, 0.717) is 28.8 Å². The molecule has 0 fully saturated rings. The summed E-state index contributed by atoms with van der Waals surface area (Å²) in [6.45, 7) is 1.97. The molecular weight excluding hydrogens is 344 g/mol. The zero-order valence-corrected chi connectivity index (χ0v) is 15.0. The SMILES string of the molecule is Cc1nc(Nc2ccc3c(c2)OCO3)cc(C(=O)N(C)c2ccccc2)n1. The molecule has 2 heterocycles. The number of hydrogen-bond donors (Lipinski definition) is 1. The molecular formula is C20H18N4O3. The number of hydrogen-bond acceptors (Lipinski definition) is 6. The fourth-order valence-corrected chi connectivity index (χ4v) is 2.80. The van der Waals surface area contributed by atoms with Crippen LogP contribution in [0.5, 0.6) is 11.5 Å². The molecule has 2 aromatic carbocycles. The molecule has 1 amide bonds. The van der Waals surface area contributed by atoms with Crippen LogP contribution in [0.2, 0.25) is 0 Å². The maximum absolute atomic E-state index is 12.8. The number of carbonyl (C=O) groups excluding carboxylic acids is 1. The maximum atomic E-state index is 12.8. The first-order valence-electron chi connectivity index (χ1n) is 8.45. The van der Waals surface area contributed by atoms with Gasteiger partial charge in [-0.2, -0.15) is 0 Å².